The van der Waals surface area contributed by atoms with E-state index in [4.69, 9.17) is 24.6 Å². The zero-order chi connectivity index (χ0) is 19.3. The van der Waals surface area contributed by atoms with E-state index >= 15 is 0 Å². The van der Waals surface area contributed by atoms with Crippen molar-refractivity contribution in [3.63, 3.8) is 0 Å². The summed E-state index contributed by atoms with van der Waals surface area (Å²) in [6.07, 6.45) is 3.16. The summed E-state index contributed by atoms with van der Waals surface area (Å²) in [5.41, 5.74) is 1.62. The summed E-state index contributed by atoms with van der Waals surface area (Å²) in [6, 6.07) is 8.00. The van der Waals surface area contributed by atoms with E-state index in [2.05, 4.69) is 11.2 Å². The number of para-hydroxylation sites is 1. The maximum Gasteiger partial charge on any atom is 0.300 e. The smallest absolute Gasteiger partial charge is 0.300 e. The van der Waals surface area contributed by atoms with E-state index in [1.807, 2.05) is 39.0 Å². The molecule has 0 aliphatic heterocycles. The van der Waals surface area contributed by atoms with E-state index in [9.17, 15) is 0 Å². The minimum Gasteiger partial charge on any atom is -0.496 e. The summed E-state index contributed by atoms with van der Waals surface area (Å²) in [5.74, 6) is 0.0281. The molecule has 0 unspecified atom stereocenters. The SMILES string of the molecule is CC.CC(=O)O.CCOC1(c2ccccc2OC)CCC(=NO)CC1. The molecule has 1 fully saturated rings. The molecule has 2 N–H and O–H groups in total. The molecule has 0 heterocycles. The van der Waals surface area contributed by atoms with Gasteiger partial charge in [0.15, 0.2) is 0 Å². The number of hydrogen-bond donors (Lipinski definition) is 2. The number of rotatable bonds is 4. The Bertz CT molecular complexity index is 528. The fourth-order valence-electron chi connectivity index (χ4n) is 2.83. The van der Waals surface area contributed by atoms with Gasteiger partial charge in [0.05, 0.1) is 18.4 Å². The van der Waals surface area contributed by atoms with Gasteiger partial charge in [0, 0.05) is 19.1 Å². The van der Waals surface area contributed by atoms with Gasteiger partial charge in [0.2, 0.25) is 0 Å². The van der Waals surface area contributed by atoms with Crippen molar-refractivity contribution in [1.29, 1.82) is 0 Å². The Labute approximate surface area is 150 Å². The van der Waals surface area contributed by atoms with Crippen molar-refractivity contribution < 1.29 is 24.6 Å². The van der Waals surface area contributed by atoms with Crippen LogP contribution < -0.4 is 4.74 Å². The van der Waals surface area contributed by atoms with Crippen LogP contribution in [0.1, 0.15) is 58.9 Å². The Morgan fingerprint density at radius 2 is 1.76 bits per heavy atom. The highest BCUT2D eigenvalue weighted by Crippen LogP contribution is 2.43. The Morgan fingerprint density at radius 1 is 1.24 bits per heavy atom. The van der Waals surface area contributed by atoms with Crippen LogP contribution in [0, 0.1) is 0 Å². The first-order chi connectivity index (χ1) is 12.0. The number of methoxy groups -OCH3 is 1. The van der Waals surface area contributed by atoms with Gasteiger partial charge in [-0.15, -0.1) is 0 Å². The number of carbonyl (C=O) groups is 1. The van der Waals surface area contributed by atoms with Crippen LogP contribution >= 0.6 is 0 Å². The molecule has 142 valence electrons. The highest BCUT2D eigenvalue weighted by molar-refractivity contribution is 5.85. The van der Waals surface area contributed by atoms with Crippen LogP contribution in [0.15, 0.2) is 29.4 Å². The largest absolute Gasteiger partial charge is 0.496 e. The molecule has 2 rings (SSSR count). The van der Waals surface area contributed by atoms with Gasteiger partial charge in [0.1, 0.15) is 5.75 Å². The van der Waals surface area contributed by atoms with Crippen LogP contribution in [0.5, 0.6) is 5.75 Å². The molecule has 0 atom stereocenters. The van der Waals surface area contributed by atoms with Gasteiger partial charge in [-0.05, 0) is 38.7 Å². The number of benzene rings is 1. The highest BCUT2D eigenvalue weighted by Gasteiger charge is 2.38. The number of carboxylic acids is 1. The molecule has 1 aromatic rings. The molecular formula is C19H31NO5. The second kappa shape index (κ2) is 12.3. The van der Waals surface area contributed by atoms with Gasteiger partial charge >= 0.3 is 0 Å². The summed E-state index contributed by atoms with van der Waals surface area (Å²) >= 11 is 0. The number of aliphatic carboxylic acids is 1. The Hall–Kier alpha value is -2.08. The topological polar surface area (TPSA) is 88.4 Å². The van der Waals surface area contributed by atoms with Gasteiger partial charge in [-0.3, -0.25) is 4.79 Å². The monoisotopic (exact) mass is 353 g/mol. The predicted molar refractivity (Wildman–Crippen MR) is 98.6 cm³/mol. The third kappa shape index (κ3) is 7.13. The number of nitrogens with zero attached hydrogens (tertiary/aromatic N) is 1. The Morgan fingerprint density at radius 3 is 2.20 bits per heavy atom. The molecule has 1 aliphatic rings. The Balaban J connectivity index is 0.000000845. The van der Waals surface area contributed by atoms with Crippen LogP contribution in [-0.4, -0.2) is 35.7 Å². The second-order valence-corrected chi connectivity index (χ2v) is 5.31. The maximum atomic E-state index is 9.00. The first-order valence-corrected chi connectivity index (χ1v) is 8.66. The van der Waals surface area contributed by atoms with E-state index in [1.54, 1.807) is 7.11 Å². The van der Waals surface area contributed by atoms with E-state index in [-0.39, 0.29) is 5.60 Å². The first-order valence-electron chi connectivity index (χ1n) is 8.66. The molecule has 0 saturated heterocycles. The maximum absolute atomic E-state index is 9.00. The average Bonchev–Trinajstić information content (AvgIpc) is 2.64. The molecule has 1 aliphatic carbocycles. The quantitative estimate of drug-likeness (QED) is 0.617. The first kappa shape index (κ1) is 22.9. The van der Waals surface area contributed by atoms with Crippen molar-refractivity contribution in [1.82, 2.24) is 0 Å². The van der Waals surface area contributed by atoms with Gasteiger partial charge in [0.25, 0.3) is 5.97 Å². The summed E-state index contributed by atoms with van der Waals surface area (Å²) in [6.45, 7) is 7.75. The summed E-state index contributed by atoms with van der Waals surface area (Å²) in [4.78, 5) is 9.00. The zero-order valence-electron chi connectivity index (χ0n) is 15.9. The summed E-state index contributed by atoms with van der Waals surface area (Å²) < 4.78 is 11.5. The minimum atomic E-state index is -0.833. The van der Waals surface area contributed by atoms with Crippen LogP contribution in [0.3, 0.4) is 0 Å². The van der Waals surface area contributed by atoms with Crippen molar-refractivity contribution in [2.75, 3.05) is 13.7 Å². The van der Waals surface area contributed by atoms with Crippen LogP contribution in [-0.2, 0) is 15.1 Å². The molecule has 0 spiro atoms. The molecule has 1 aromatic carbocycles. The number of hydrogen-bond acceptors (Lipinski definition) is 5. The van der Waals surface area contributed by atoms with E-state index in [0.717, 1.165) is 49.6 Å². The molecule has 0 amide bonds. The van der Waals surface area contributed by atoms with E-state index in [0.29, 0.717) is 6.61 Å². The lowest BCUT2D eigenvalue weighted by Gasteiger charge is -2.38. The molecule has 6 heteroatoms. The molecule has 0 bridgehead atoms. The van der Waals surface area contributed by atoms with E-state index in [1.165, 1.54) is 0 Å². The molecule has 1 saturated carbocycles. The van der Waals surface area contributed by atoms with Crippen molar-refractivity contribution in [2.45, 2.75) is 59.0 Å². The van der Waals surface area contributed by atoms with E-state index < -0.39 is 5.97 Å². The molecule has 0 aromatic heterocycles. The predicted octanol–water partition coefficient (Wildman–Crippen LogP) is 4.45. The van der Waals surface area contributed by atoms with Crippen molar-refractivity contribution in [2.24, 2.45) is 5.16 Å². The Kier molecular flexibility index (Phi) is 11.3. The van der Waals surface area contributed by atoms with Crippen LogP contribution in [0.4, 0.5) is 0 Å². The van der Waals surface area contributed by atoms with Crippen molar-refractivity contribution in [3.8, 4) is 5.75 Å². The third-order valence-corrected chi connectivity index (χ3v) is 3.79. The fraction of sp³-hybridized carbons (Fsp3) is 0.579. The van der Waals surface area contributed by atoms with Gasteiger partial charge < -0.3 is 19.8 Å². The summed E-state index contributed by atoms with van der Waals surface area (Å²) in [7, 11) is 1.68. The number of ether oxygens (including phenoxy) is 2. The zero-order valence-corrected chi connectivity index (χ0v) is 15.9. The third-order valence-electron chi connectivity index (χ3n) is 3.79. The summed E-state index contributed by atoms with van der Waals surface area (Å²) in [5, 5.41) is 19.6. The highest BCUT2D eigenvalue weighted by atomic mass is 16.5. The number of carboxylic acid groups (broad SMARTS) is 1. The molecular weight excluding hydrogens is 322 g/mol. The molecule has 6 nitrogen and oxygen atoms in total. The average molecular weight is 353 g/mol. The molecule has 25 heavy (non-hydrogen) atoms. The van der Waals surface area contributed by atoms with Gasteiger partial charge in [-0.25, -0.2) is 0 Å². The van der Waals surface area contributed by atoms with Crippen LogP contribution in [0.2, 0.25) is 0 Å². The van der Waals surface area contributed by atoms with Crippen molar-refractivity contribution >= 4 is 11.7 Å². The number of oxime groups is 1. The molecule has 0 radical (unpaired) electrons. The minimum absolute atomic E-state index is 0.324. The lowest BCUT2D eigenvalue weighted by atomic mass is 9.78. The van der Waals surface area contributed by atoms with Gasteiger partial charge in [-0.2, -0.15) is 0 Å². The normalized spacial score (nSPS) is 18.8. The fourth-order valence-corrected chi connectivity index (χ4v) is 2.83. The second-order valence-electron chi connectivity index (χ2n) is 5.31. The van der Waals surface area contributed by atoms with Crippen molar-refractivity contribution in [3.05, 3.63) is 29.8 Å². The standard InChI is InChI=1S/C15H21NO3.C2H4O2.C2H6/c1-3-19-15(10-8-12(16-17)9-11-15)13-6-4-5-7-14(13)18-2;1-2(3)4;1-2/h4-7,17H,3,8-11H2,1-2H3;1H3,(H,3,4);1-2H3. The lowest BCUT2D eigenvalue weighted by Crippen LogP contribution is -2.35. The van der Waals surface area contributed by atoms with Crippen LogP contribution in [0.25, 0.3) is 0 Å². The van der Waals surface area contributed by atoms with Gasteiger partial charge in [-0.1, -0.05) is 37.2 Å². The lowest BCUT2D eigenvalue weighted by molar-refractivity contribution is -0.134.